The van der Waals surface area contributed by atoms with Crippen LogP contribution >= 0.6 is 0 Å². The second-order valence-electron chi connectivity index (χ2n) is 8.25. The van der Waals surface area contributed by atoms with Crippen LogP contribution in [0.15, 0.2) is 23.8 Å². The van der Waals surface area contributed by atoms with Gasteiger partial charge in [-0.2, -0.15) is 0 Å². The van der Waals surface area contributed by atoms with E-state index in [1.54, 1.807) is 13.8 Å². The number of aliphatic hydroxyl groups is 3. The van der Waals surface area contributed by atoms with Gasteiger partial charge in [0.1, 0.15) is 6.10 Å². The predicted molar refractivity (Wildman–Crippen MR) is 95.8 cm³/mol. The summed E-state index contributed by atoms with van der Waals surface area (Å²) in [7, 11) is 0. The van der Waals surface area contributed by atoms with Gasteiger partial charge in [0.25, 0.3) is 0 Å². The maximum absolute atomic E-state index is 12.2. The number of rotatable bonds is 0. The van der Waals surface area contributed by atoms with Gasteiger partial charge in [0, 0.05) is 5.57 Å². The maximum Gasteiger partial charge on any atom is 0.334 e. The van der Waals surface area contributed by atoms with Crippen molar-refractivity contribution in [2.45, 2.75) is 89.1 Å². The van der Waals surface area contributed by atoms with Crippen LogP contribution in [0.3, 0.4) is 0 Å². The van der Waals surface area contributed by atoms with E-state index in [0.717, 1.165) is 5.57 Å². The van der Waals surface area contributed by atoms with Crippen LogP contribution in [0.2, 0.25) is 0 Å². The van der Waals surface area contributed by atoms with Crippen LogP contribution < -0.4 is 0 Å². The Hall–Kier alpha value is -1.17. The first-order chi connectivity index (χ1) is 11.5. The lowest BCUT2D eigenvalue weighted by molar-refractivity contribution is -0.169. The Kier molecular flexibility index (Phi) is 6.13. The van der Waals surface area contributed by atoms with Crippen molar-refractivity contribution >= 4 is 5.97 Å². The summed E-state index contributed by atoms with van der Waals surface area (Å²) < 4.78 is 5.42. The molecule has 2 bridgehead atoms. The van der Waals surface area contributed by atoms with E-state index < -0.39 is 29.4 Å². The first-order valence-corrected chi connectivity index (χ1v) is 9.21. The van der Waals surface area contributed by atoms with Gasteiger partial charge in [0.05, 0.1) is 17.3 Å². The minimum Gasteiger partial charge on any atom is -0.456 e. The zero-order valence-electron chi connectivity index (χ0n) is 15.6. The Labute approximate surface area is 150 Å². The zero-order valence-corrected chi connectivity index (χ0v) is 15.6. The van der Waals surface area contributed by atoms with Crippen molar-refractivity contribution in [1.82, 2.24) is 0 Å². The molecule has 25 heavy (non-hydrogen) atoms. The van der Waals surface area contributed by atoms with Crippen molar-refractivity contribution in [3.05, 3.63) is 23.8 Å². The number of fused-ring (bicyclic) bond motifs is 2. The van der Waals surface area contributed by atoms with Gasteiger partial charge in [-0.1, -0.05) is 18.2 Å². The fourth-order valence-corrected chi connectivity index (χ4v) is 3.68. The molecule has 142 valence electrons. The number of hydrogen-bond acceptors (Lipinski definition) is 5. The summed E-state index contributed by atoms with van der Waals surface area (Å²) in [5, 5.41) is 31.8. The van der Waals surface area contributed by atoms with Gasteiger partial charge in [0.2, 0.25) is 0 Å². The molecular formula is C20H32O5. The number of aliphatic hydroxyl groups excluding tert-OH is 1. The highest BCUT2D eigenvalue weighted by Gasteiger charge is 2.42. The minimum atomic E-state index is -1.22. The molecule has 0 saturated carbocycles. The summed E-state index contributed by atoms with van der Waals surface area (Å²) in [5.74, 6) is -0.628. The smallest absolute Gasteiger partial charge is 0.334 e. The Morgan fingerprint density at radius 2 is 1.88 bits per heavy atom. The van der Waals surface area contributed by atoms with Crippen LogP contribution in [0.25, 0.3) is 0 Å². The van der Waals surface area contributed by atoms with Gasteiger partial charge >= 0.3 is 5.97 Å². The molecule has 3 N–H and O–H groups in total. The quantitative estimate of drug-likeness (QED) is 0.354. The molecule has 0 radical (unpaired) electrons. The Balaban J connectivity index is 2.26. The van der Waals surface area contributed by atoms with Crippen molar-refractivity contribution in [2.24, 2.45) is 5.92 Å². The van der Waals surface area contributed by atoms with Crippen molar-refractivity contribution in [3.63, 3.8) is 0 Å². The molecule has 0 aromatic carbocycles. The molecule has 0 amide bonds. The topological polar surface area (TPSA) is 87.0 Å². The van der Waals surface area contributed by atoms with Crippen molar-refractivity contribution in [3.8, 4) is 0 Å². The lowest BCUT2D eigenvalue weighted by atomic mass is 9.77. The lowest BCUT2D eigenvalue weighted by Gasteiger charge is -2.40. The predicted octanol–water partition coefficient (Wildman–Crippen LogP) is 2.64. The van der Waals surface area contributed by atoms with E-state index in [0.29, 0.717) is 50.5 Å². The van der Waals surface area contributed by atoms with Crippen LogP contribution in [0.4, 0.5) is 0 Å². The van der Waals surface area contributed by atoms with Gasteiger partial charge in [-0.05, 0) is 71.6 Å². The number of allylic oxidation sites excluding steroid dienone is 2. The molecule has 1 saturated heterocycles. The average molecular weight is 352 g/mol. The van der Waals surface area contributed by atoms with E-state index in [4.69, 9.17) is 4.74 Å². The largest absolute Gasteiger partial charge is 0.456 e. The minimum absolute atomic E-state index is 0.156. The molecule has 5 nitrogen and oxygen atoms in total. The van der Waals surface area contributed by atoms with E-state index in [1.807, 2.05) is 13.0 Å². The third-order valence-corrected chi connectivity index (χ3v) is 5.87. The monoisotopic (exact) mass is 352 g/mol. The molecule has 0 aromatic heterocycles. The number of carbonyl (C=O) groups excluding carboxylic acids is 1. The number of esters is 1. The van der Waals surface area contributed by atoms with Crippen LogP contribution in [-0.2, 0) is 9.53 Å². The van der Waals surface area contributed by atoms with Crippen LogP contribution in [0.1, 0.15) is 65.7 Å². The Morgan fingerprint density at radius 3 is 2.56 bits per heavy atom. The highest BCUT2D eigenvalue weighted by atomic mass is 16.6. The summed E-state index contributed by atoms with van der Waals surface area (Å²) in [6, 6.07) is 0. The summed E-state index contributed by atoms with van der Waals surface area (Å²) in [4.78, 5) is 12.2. The molecule has 1 unspecified atom stereocenters. The van der Waals surface area contributed by atoms with Gasteiger partial charge < -0.3 is 20.1 Å². The number of carbonyl (C=O) groups is 1. The number of hydrogen-bond donors (Lipinski definition) is 3. The van der Waals surface area contributed by atoms with Crippen LogP contribution in [0, 0.1) is 5.92 Å². The zero-order chi connectivity index (χ0) is 18.8. The van der Waals surface area contributed by atoms with Crippen LogP contribution in [0.5, 0.6) is 0 Å². The van der Waals surface area contributed by atoms with Gasteiger partial charge in [-0.3, -0.25) is 0 Å². The summed E-state index contributed by atoms with van der Waals surface area (Å²) in [5.41, 5.74) is -0.809. The summed E-state index contributed by atoms with van der Waals surface area (Å²) in [6.07, 6.45) is 4.39. The SMILES string of the molecule is C=C1C(=O)O[C@H]2CC1CC[C@](C)(O)[C@@H](O)CC/C(C)=C\CC[C@@]2(C)O. The van der Waals surface area contributed by atoms with Gasteiger partial charge in [0.15, 0.2) is 0 Å². The van der Waals surface area contributed by atoms with Crippen molar-refractivity contribution in [1.29, 1.82) is 0 Å². The van der Waals surface area contributed by atoms with Gasteiger partial charge in [-0.15, -0.1) is 0 Å². The Morgan fingerprint density at radius 1 is 1.20 bits per heavy atom. The summed E-state index contributed by atoms with van der Waals surface area (Å²) >= 11 is 0. The normalized spacial score (nSPS) is 43.6. The second kappa shape index (κ2) is 7.60. The fourth-order valence-electron chi connectivity index (χ4n) is 3.68. The van der Waals surface area contributed by atoms with Crippen molar-refractivity contribution < 1.29 is 24.9 Å². The molecule has 1 heterocycles. The van der Waals surface area contributed by atoms with E-state index in [9.17, 15) is 20.1 Å². The summed E-state index contributed by atoms with van der Waals surface area (Å²) in [6.45, 7) is 9.17. The standard InChI is InChI=1S/C20H32O5/c1-13-6-5-10-20(4,24)17-12-15(14(2)18(22)25-17)9-11-19(3,23)16(21)8-7-13/h6,15-17,21,23-24H,2,5,7-12H2,1,3-4H3/b13-6-/t15?,16-,17-,19-,20+/m0/s1. The Bertz CT molecular complexity index is 546. The molecule has 1 fully saturated rings. The molecule has 0 aromatic rings. The van der Waals surface area contributed by atoms with E-state index in [1.165, 1.54) is 0 Å². The third kappa shape index (κ3) is 4.93. The van der Waals surface area contributed by atoms with E-state index in [-0.39, 0.29) is 5.92 Å². The highest BCUT2D eigenvalue weighted by Crippen LogP contribution is 2.37. The molecule has 1 aliphatic carbocycles. The fraction of sp³-hybridized carbons (Fsp3) is 0.750. The first-order valence-electron chi connectivity index (χ1n) is 9.21. The molecule has 5 atom stereocenters. The lowest BCUT2D eigenvalue weighted by Crippen LogP contribution is -2.47. The van der Waals surface area contributed by atoms with Crippen LogP contribution in [-0.4, -0.2) is 44.7 Å². The molecule has 2 rings (SSSR count). The van der Waals surface area contributed by atoms with E-state index in [2.05, 4.69) is 6.58 Å². The number of ether oxygens (including phenoxy) is 1. The maximum atomic E-state index is 12.2. The average Bonchev–Trinajstić information content (AvgIpc) is 2.52. The first kappa shape index (κ1) is 20.1. The van der Waals surface area contributed by atoms with Crippen molar-refractivity contribution in [2.75, 3.05) is 0 Å². The van der Waals surface area contributed by atoms with Gasteiger partial charge in [-0.25, -0.2) is 4.79 Å². The van der Waals surface area contributed by atoms with E-state index >= 15 is 0 Å². The molecule has 5 heteroatoms. The second-order valence-corrected chi connectivity index (χ2v) is 8.25. The molecule has 2 aliphatic rings. The molecular weight excluding hydrogens is 320 g/mol. The molecule has 1 aliphatic heterocycles. The molecule has 0 spiro atoms. The third-order valence-electron chi connectivity index (χ3n) is 5.87. The highest BCUT2D eigenvalue weighted by molar-refractivity contribution is 5.89.